The molecule has 1 aliphatic heterocycles. The molecule has 0 saturated carbocycles. The summed E-state index contributed by atoms with van der Waals surface area (Å²) in [6.45, 7) is 3.35. The van der Waals surface area contributed by atoms with Crippen molar-refractivity contribution >= 4 is 21.4 Å². The highest BCUT2D eigenvalue weighted by atomic mass is 32.2. The first-order valence-electron chi connectivity index (χ1n) is 6.58. The van der Waals surface area contributed by atoms with Crippen molar-refractivity contribution in [3.8, 4) is 6.07 Å². The predicted octanol–water partition coefficient (Wildman–Crippen LogP) is 2.82. The average molecular weight is 298 g/mol. The van der Waals surface area contributed by atoms with Crippen molar-refractivity contribution in [2.45, 2.75) is 36.8 Å². The molecule has 1 aliphatic rings. The smallest absolute Gasteiger partial charge is 0.206 e. The zero-order valence-corrected chi connectivity index (χ0v) is 12.6. The fraction of sp³-hybridized carbons (Fsp3) is 0.615. The van der Waals surface area contributed by atoms with Crippen molar-refractivity contribution in [3.05, 3.63) is 17.0 Å². The Balaban J connectivity index is 2.18. The number of hydrogen-bond donors (Lipinski definition) is 0. The van der Waals surface area contributed by atoms with Crippen LogP contribution in [0.4, 0.5) is 0 Å². The second-order valence-electron chi connectivity index (χ2n) is 4.84. The van der Waals surface area contributed by atoms with Gasteiger partial charge in [-0.2, -0.15) is 9.57 Å². The van der Waals surface area contributed by atoms with Gasteiger partial charge >= 0.3 is 0 Å². The highest BCUT2D eigenvalue weighted by molar-refractivity contribution is 7.91. The maximum Gasteiger partial charge on any atom is 0.252 e. The third-order valence-electron chi connectivity index (χ3n) is 3.67. The monoisotopic (exact) mass is 298 g/mol. The molecule has 0 amide bonds. The van der Waals surface area contributed by atoms with Gasteiger partial charge in [0.15, 0.2) is 0 Å². The maximum absolute atomic E-state index is 12.5. The molecule has 0 N–H and O–H groups in total. The molecular weight excluding hydrogens is 280 g/mol. The van der Waals surface area contributed by atoms with Crippen molar-refractivity contribution < 1.29 is 8.42 Å². The van der Waals surface area contributed by atoms with E-state index in [2.05, 4.69) is 6.92 Å². The molecule has 19 heavy (non-hydrogen) atoms. The quantitative estimate of drug-likeness (QED) is 0.862. The molecule has 1 unspecified atom stereocenters. The summed E-state index contributed by atoms with van der Waals surface area (Å²) in [5, 5.41) is 8.79. The van der Waals surface area contributed by atoms with E-state index in [0.29, 0.717) is 28.1 Å². The van der Waals surface area contributed by atoms with Crippen molar-refractivity contribution in [1.82, 2.24) is 4.31 Å². The van der Waals surface area contributed by atoms with E-state index in [1.165, 1.54) is 0 Å². The van der Waals surface area contributed by atoms with Gasteiger partial charge in [-0.15, -0.1) is 11.3 Å². The van der Waals surface area contributed by atoms with Crippen molar-refractivity contribution in [3.63, 3.8) is 0 Å². The summed E-state index contributed by atoms with van der Waals surface area (Å²) in [5.41, 5.74) is 0. The van der Waals surface area contributed by atoms with Crippen molar-refractivity contribution in [2.75, 3.05) is 13.1 Å². The van der Waals surface area contributed by atoms with Crippen LogP contribution in [0.3, 0.4) is 0 Å². The second kappa shape index (κ2) is 6.04. The Kier molecular flexibility index (Phi) is 4.61. The van der Waals surface area contributed by atoms with E-state index in [0.717, 1.165) is 37.0 Å². The number of rotatable bonds is 3. The molecule has 2 heterocycles. The van der Waals surface area contributed by atoms with Gasteiger partial charge in [0, 0.05) is 13.1 Å². The highest BCUT2D eigenvalue weighted by Gasteiger charge is 2.28. The van der Waals surface area contributed by atoms with Crippen LogP contribution in [0.15, 0.2) is 16.3 Å². The van der Waals surface area contributed by atoms with Crippen LogP contribution in [-0.2, 0) is 10.0 Å². The lowest BCUT2D eigenvalue weighted by Gasteiger charge is -2.19. The normalized spacial score (nSPS) is 21.8. The molecule has 1 saturated heterocycles. The van der Waals surface area contributed by atoms with Crippen LogP contribution in [0, 0.1) is 17.2 Å². The summed E-state index contributed by atoms with van der Waals surface area (Å²) in [5.74, 6) is 0.637. The molecule has 0 radical (unpaired) electrons. The third kappa shape index (κ3) is 3.16. The Morgan fingerprint density at radius 2 is 2.21 bits per heavy atom. The Bertz CT molecular complexity index is 572. The van der Waals surface area contributed by atoms with Crippen LogP contribution in [0.25, 0.3) is 0 Å². The molecule has 104 valence electrons. The molecule has 2 rings (SSSR count). The standard InChI is InChI=1S/C13H18N2O2S2/c1-2-11-4-3-8-15(9-7-11)19(16,17)13-6-5-12(10-14)18-13/h5-6,11H,2-4,7-9H2,1H3. The molecule has 1 atom stereocenters. The van der Waals surface area contributed by atoms with Gasteiger partial charge in [0.1, 0.15) is 15.2 Å². The number of hydrogen-bond acceptors (Lipinski definition) is 4. The minimum atomic E-state index is -3.41. The molecular formula is C13H18N2O2S2. The van der Waals surface area contributed by atoms with Gasteiger partial charge < -0.3 is 0 Å². The van der Waals surface area contributed by atoms with Gasteiger partial charge in [-0.05, 0) is 37.3 Å². The van der Waals surface area contributed by atoms with Crippen LogP contribution in [0.5, 0.6) is 0 Å². The van der Waals surface area contributed by atoms with E-state index in [1.54, 1.807) is 16.4 Å². The van der Waals surface area contributed by atoms with Crippen LogP contribution in [-0.4, -0.2) is 25.8 Å². The molecule has 0 aromatic carbocycles. The lowest BCUT2D eigenvalue weighted by Crippen LogP contribution is -2.31. The van der Waals surface area contributed by atoms with Gasteiger partial charge in [0.2, 0.25) is 0 Å². The summed E-state index contributed by atoms with van der Waals surface area (Å²) in [6, 6.07) is 5.10. The Hall–Kier alpha value is -0.900. The molecule has 1 aromatic heterocycles. The summed E-state index contributed by atoms with van der Waals surface area (Å²) in [7, 11) is -3.41. The highest BCUT2D eigenvalue weighted by Crippen LogP contribution is 2.28. The third-order valence-corrected chi connectivity index (χ3v) is 7.03. The minimum Gasteiger partial charge on any atom is -0.206 e. The summed E-state index contributed by atoms with van der Waals surface area (Å²) >= 11 is 1.06. The Morgan fingerprint density at radius 3 is 2.84 bits per heavy atom. The van der Waals surface area contributed by atoms with Gasteiger partial charge in [-0.1, -0.05) is 13.3 Å². The fourth-order valence-corrected chi connectivity index (χ4v) is 5.18. The number of thiophene rings is 1. The first-order valence-corrected chi connectivity index (χ1v) is 8.83. The van der Waals surface area contributed by atoms with Crippen LogP contribution in [0.2, 0.25) is 0 Å². The molecule has 0 spiro atoms. The lowest BCUT2D eigenvalue weighted by atomic mass is 9.98. The number of nitrogens with zero attached hydrogens (tertiary/aromatic N) is 2. The van der Waals surface area contributed by atoms with E-state index in [-0.39, 0.29) is 0 Å². The zero-order valence-electron chi connectivity index (χ0n) is 11.0. The fourth-order valence-electron chi connectivity index (χ4n) is 2.43. The van der Waals surface area contributed by atoms with E-state index in [9.17, 15) is 8.42 Å². The molecule has 1 fully saturated rings. The maximum atomic E-state index is 12.5. The van der Waals surface area contributed by atoms with E-state index >= 15 is 0 Å². The van der Waals surface area contributed by atoms with Gasteiger partial charge in [-0.25, -0.2) is 8.42 Å². The number of nitriles is 1. The lowest BCUT2D eigenvalue weighted by molar-refractivity contribution is 0.408. The average Bonchev–Trinajstić information content (AvgIpc) is 2.76. The molecule has 0 bridgehead atoms. The summed E-state index contributed by atoms with van der Waals surface area (Å²) in [6.07, 6.45) is 4.09. The van der Waals surface area contributed by atoms with E-state index < -0.39 is 10.0 Å². The largest absolute Gasteiger partial charge is 0.252 e. The van der Waals surface area contributed by atoms with Crippen molar-refractivity contribution in [1.29, 1.82) is 5.26 Å². The molecule has 4 nitrogen and oxygen atoms in total. The van der Waals surface area contributed by atoms with Gasteiger partial charge in [-0.3, -0.25) is 0 Å². The first kappa shape index (κ1) is 14.5. The van der Waals surface area contributed by atoms with Gasteiger partial charge in [0.25, 0.3) is 10.0 Å². The molecule has 6 heteroatoms. The summed E-state index contributed by atoms with van der Waals surface area (Å²) in [4.78, 5) is 0.444. The predicted molar refractivity (Wildman–Crippen MR) is 75.4 cm³/mol. The topological polar surface area (TPSA) is 61.2 Å². The minimum absolute atomic E-state index is 0.291. The Labute approximate surface area is 118 Å². The first-order chi connectivity index (χ1) is 9.07. The van der Waals surface area contributed by atoms with Crippen molar-refractivity contribution in [2.24, 2.45) is 5.92 Å². The zero-order chi connectivity index (χ0) is 13.9. The summed E-state index contributed by atoms with van der Waals surface area (Å²) < 4.78 is 26.9. The molecule has 0 aliphatic carbocycles. The van der Waals surface area contributed by atoms with E-state index in [4.69, 9.17) is 5.26 Å². The number of sulfonamides is 1. The van der Waals surface area contributed by atoms with Crippen LogP contribution in [0.1, 0.15) is 37.5 Å². The van der Waals surface area contributed by atoms with Gasteiger partial charge in [0.05, 0.1) is 0 Å². The molecule has 1 aromatic rings. The van der Waals surface area contributed by atoms with Crippen LogP contribution >= 0.6 is 11.3 Å². The van der Waals surface area contributed by atoms with E-state index in [1.807, 2.05) is 6.07 Å². The Morgan fingerprint density at radius 1 is 1.42 bits per heavy atom. The SMILES string of the molecule is CCC1CCCN(S(=O)(=O)c2ccc(C#N)s2)CC1. The second-order valence-corrected chi connectivity index (χ2v) is 8.09. The van der Waals surface area contributed by atoms with Crippen LogP contribution < -0.4 is 0 Å².